The highest BCUT2D eigenvalue weighted by Gasteiger charge is 2.34. The van der Waals surface area contributed by atoms with Gasteiger partial charge >= 0.3 is 6.01 Å². The SMILES string of the molecule is O=c1ccn2c(n1)O[C@@H](CO)[C@@H]2OCCO. The first-order valence-electron chi connectivity index (χ1n) is 4.85. The molecule has 7 heteroatoms. The topological polar surface area (TPSA) is 93.8 Å². The van der Waals surface area contributed by atoms with Crippen LogP contribution in [0.2, 0.25) is 0 Å². The second kappa shape index (κ2) is 4.60. The number of aromatic nitrogens is 2. The summed E-state index contributed by atoms with van der Waals surface area (Å²) in [5.41, 5.74) is -0.411. The van der Waals surface area contributed by atoms with E-state index in [4.69, 9.17) is 19.7 Å². The van der Waals surface area contributed by atoms with Gasteiger partial charge in [0, 0.05) is 12.3 Å². The van der Waals surface area contributed by atoms with Crippen LogP contribution in [0.1, 0.15) is 6.23 Å². The molecule has 1 aliphatic rings. The molecule has 1 aliphatic heterocycles. The smallest absolute Gasteiger partial charge is 0.302 e. The molecule has 0 unspecified atom stereocenters. The van der Waals surface area contributed by atoms with E-state index in [1.807, 2.05) is 0 Å². The number of ether oxygens (including phenoxy) is 2. The van der Waals surface area contributed by atoms with Crippen LogP contribution in [0.3, 0.4) is 0 Å². The molecule has 1 aromatic rings. The normalized spacial score (nSPS) is 22.9. The van der Waals surface area contributed by atoms with Crippen LogP contribution in [-0.4, -0.2) is 45.7 Å². The van der Waals surface area contributed by atoms with Gasteiger partial charge in [0.2, 0.25) is 0 Å². The Morgan fingerprint density at radius 1 is 1.56 bits per heavy atom. The van der Waals surface area contributed by atoms with Gasteiger partial charge in [-0.15, -0.1) is 0 Å². The molecule has 0 amide bonds. The van der Waals surface area contributed by atoms with Crippen molar-refractivity contribution in [1.82, 2.24) is 9.55 Å². The van der Waals surface area contributed by atoms with Crippen molar-refractivity contribution < 1.29 is 19.7 Å². The molecule has 88 valence electrons. The minimum absolute atomic E-state index is 0.120. The lowest BCUT2D eigenvalue weighted by molar-refractivity contribution is -0.0628. The average Bonchev–Trinajstić information content (AvgIpc) is 2.63. The maximum atomic E-state index is 11.0. The van der Waals surface area contributed by atoms with Gasteiger partial charge in [-0.05, 0) is 0 Å². The lowest BCUT2D eigenvalue weighted by atomic mass is 10.3. The van der Waals surface area contributed by atoms with Crippen molar-refractivity contribution >= 4 is 0 Å². The highest BCUT2D eigenvalue weighted by atomic mass is 16.6. The molecule has 0 spiro atoms. The zero-order valence-electron chi connectivity index (χ0n) is 8.44. The predicted octanol–water partition coefficient (Wildman–Crippen LogP) is -1.50. The van der Waals surface area contributed by atoms with Gasteiger partial charge < -0.3 is 19.7 Å². The maximum absolute atomic E-state index is 11.0. The van der Waals surface area contributed by atoms with E-state index in [2.05, 4.69) is 4.98 Å². The number of hydrogen-bond donors (Lipinski definition) is 2. The van der Waals surface area contributed by atoms with Gasteiger partial charge in [-0.25, -0.2) is 0 Å². The molecular weight excluding hydrogens is 216 g/mol. The van der Waals surface area contributed by atoms with E-state index in [1.165, 1.54) is 16.8 Å². The lowest BCUT2D eigenvalue weighted by Crippen LogP contribution is -2.28. The first-order chi connectivity index (χ1) is 7.76. The summed E-state index contributed by atoms with van der Waals surface area (Å²) in [6, 6.07) is 1.40. The zero-order chi connectivity index (χ0) is 11.5. The highest BCUT2D eigenvalue weighted by Crippen LogP contribution is 2.28. The molecule has 0 aromatic carbocycles. The zero-order valence-corrected chi connectivity index (χ0v) is 8.44. The first-order valence-corrected chi connectivity index (χ1v) is 4.85. The third-order valence-corrected chi connectivity index (χ3v) is 2.21. The summed E-state index contributed by atoms with van der Waals surface area (Å²) in [5.74, 6) is 0. The summed E-state index contributed by atoms with van der Waals surface area (Å²) in [4.78, 5) is 14.6. The Morgan fingerprint density at radius 2 is 2.38 bits per heavy atom. The molecule has 0 saturated carbocycles. The van der Waals surface area contributed by atoms with Crippen LogP contribution in [0, 0.1) is 0 Å². The summed E-state index contributed by atoms with van der Waals surface area (Å²) >= 11 is 0. The Labute approximate surface area is 90.9 Å². The monoisotopic (exact) mass is 228 g/mol. The molecule has 7 nitrogen and oxygen atoms in total. The molecule has 0 bridgehead atoms. The van der Waals surface area contributed by atoms with Crippen LogP contribution in [0.25, 0.3) is 0 Å². The summed E-state index contributed by atoms with van der Waals surface area (Å²) in [5, 5.41) is 17.8. The van der Waals surface area contributed by atoms with Crippen LogP contribution in [-0.2, 0) is 4.74 Å². The second-order valence-electron chi connectivity index (χ2n) is 3.28. The van der Waals surface area contributed by atoms with Gasteiger partial charge in [0.05, 0.1) is 19.8 Å². The van der Waals surface area contributed by atoms with Crippen molar-refractivity contribution in [3.8, 4) is 6.01 Å². The molecule has 0 radical (unpaired) electrons. The molecule has 0 fully saturated rings. The largest absolute Gasteiger partial charge is 0.454 e. The molecule has 0 aliphatic carbocycles. The molecule has 0 saturated heterocycles. The molecule has 2 heterocycles. The third-order valence-electron chi connectivity index (χ3n) is 2.21. The standard InChI is InChI=1S/C9H12N2O5/c12-3-4-15-8-6(5-13)16-9-10-7(14)1-2-11(8)9/h1-2,6,8,12-13H,3-5H2/t6-,8-/m0/s1. The van der Waals surface area contributed by atoms with Gasteiger partial charge in [0.25, 0.3) is 5.56 Å². The fourth-order valence-electron chi connectivity index (χ4n) is 1.54. The van der Waals surface area contributed by atoms with E-state index < -0.39 is 17.9 Å². The second-order valence-corrected chi connectivity index (χ2v) is 3.28. The average molecular weight is 228 g/mol. The quantitative estimate of drug-likeness (QED) is 0.651. The summed E-state index contributed by atoms with van der Waals surface area (Å²) < 4.78 is 12.1. The minimum Gasteiger partial charge on any atom is -0.454 e. The van der Waals surface area contributed by atoms with Gasteiger partial charge in [-0.1, -0.05) is 0 Å². The number of fused-ring (bicyclic) bond motifs is 1. The summed E-state index contributed by atoms with van der Waals surface area (Å²) in [7, 11) is 0. The maximum Gasteiger partial charge on any atom is 0.302 e. The van der Waals surface area contributed by atoms with Crippen LogP contribution < -0.4 is 10.3 Å². The van der Waals surface area contributed by atoms with Gasteiger partial charge in [-0.2, -0.15) is 4.98 Å². The third kappa shape index (κ3) is 1.92. The molecule has 2 N–H and O–H groups in total. The van der Waals surface area contributed by atoms with Crippen molar-refractivity contribution in [2.24, 2.45) is 0 Å². The van der Waals surface area contributed by atoms with E-state index in [9.17, 15) is 4.79 Å². The summed E-state index contributed by atoms with van der Waals surface area (Å²) in [6.45, 7) is -0.263. The Kier molecular flexibility index (Phi) is 3.18. The summed E-state index contributed by atoms with van der Waals surface area (Å²) in [6.07, 6.45) is 0.309. The Bertz CT molecular complexity index is 419. The molecule has 16 heavy (non-hydrogen) atoms. The van der Waals surface area contributed by atoms with Crippen LogP contribution in [0.4, 0.5) is 0 Å². The van der Waals surface area contributed by atoms with Crippen molar-refractivity contribution in [2.45, 2.75) is 12.3 Å². The fourth-order valence-corrected chi connectivity index (χ4v) is 1.54. The number of aliphatic hydroxyl groups is 2. The molecule has 2 atom stereocenters. The van der Waals surface area contributed by atoms with E-state index >= 15 is 0 Å². The van der Waals surface area contributed by atoms with E-state index in [1.54, 1.807) is 0 Å². The van der Waals surface area contributed by atoms with Crippen LogP contribution in [0.5, 0.6) is 6.01 Å². The van der Waals surface area contributed by atoms with Crippen molar-refractivity contribution in [3.05, 3.63) is 22.6 Å². The van der Waals surface area contributed by atoms with Gasteiger partial charge in [-0.3, -0.25) is 9.36 Å². The van der Waals surface area contributed by atoms with E-state index in [-0.39, 0.29) is 25.8 Å². The van der Waals surface area contributed by atoms with Crippen molar-refractivity contribution in [3.63, 3.8) is 0 Å². The molecular formula is C9H12N2O5. The molecule has 2 rings (SSSR count). The Morgan fingerprint density at radius 3 is 3.06 bits per heavy atom. The number of hydrogen-bond acceptors (Lipinski definition) is 6. The van der Waals surface area contributed by atoms with Gasteiger partial charge in [0.1, 0.15) is 0 Å². The van der Waals surface area contributed by atoms with Crippen molar-refractivity contribution in [1.29, 1.82) is 0 Å². The number of nitrogens with zero attached hydrogens (tertiary/aromatic N) is 2. The van der Waals surface area contributed by atoms with Crippen LogP contribution >= 0.6 is 0 Å². The van der Waals surface area contributed by atoms with Crippen molar-refractivity contribution in [2.75, 3.05) is 19.8 Å². The minimum atomic E-state index is -0.610. The predicted molar refractivity (Wildman–Crippen MR) is 52.1 cm³/mol. The van der Waals surface area contributed by atoms with Crippen LogP contribution in [0.15, 0.2) is 17.1 Å². The first kappa shape index (κ1) is 11.1. The van der Waals surface area contributed by atoms with Gasteiger partial charge in [0.15, 0.2) is 12.3 Å². The Hall–Kier alpha value is -1.44. The van der Waals surface area contributed by atoms with E-state index in [0.717, 1.165) is 0 Å². The molecule has 1 aromatic heterocycles. The highest BCUT2D eigenvalue weighted by molar-refractivity contribution is 5.06. The Balaban J connectivity index is 2.26. The number of aliphatic hydroxyl groups excluding tert-OH is 2. The number of rotatable bonds is 4. The fraction of sp³-hybridized carbons (Fsp3) is 0.556. The van der Waals surface area contributed by atoms with E-state index in [0.29, 0.717) is 0 Å². The lowest BCUT2D eigenvalue weighted by Gasteiger charge is -2.17.